The van der Waals surface area contributed by atoms with Crippen molar-refractivity contribution < 1.29 is 13.6 Å². The van der Waals surface area contributed by atoms with E-state index in [0.717, 1.165) is 24.5 Å². The molecule has 0 aromatic heterocycles. The van der Waals surface area contributed by atoms with Gasteiger partial charge >= 0.3 is 0 Å². The Balaban J connectivity index is 1.75. The number of benzene rings is 1. The molecule has 2 aliphatic rings. The second-order valence-electron chi connectivity index (χ2n) is 6.14. The zero-order valence-electron chi connectivity index (χ0n) is 11.1. The van der Waals surface area contributed by atoms with Gasteiger partial charge in [0.05, 0.1) is 5.56 Å². The minimum atomic E-state index is -0.591. The summed E-state index contributed by atoms with van der Waals surface area (Å²) in [4.78, 5) is 12.2. The molecule has 3 heteroatoms. The maximum atomic E-state index is 13.8. The van der Waals surface area contributed by atoms with Gasteiger partial charge < -0.3 is 0 Å². The minimum Gasteiger partial charge on any atom is -0.294 e. The van der Waals surface area contributed by atoms with Crippen LogP contribution < -0.4 is 0 Å². The predicted octanol–water partition coefficient (Wildman–Crippen LogP) is 4.28. The largest absolute Gasteiger partial charge is 0.294 e. The van der Waals surface area contributed by atoms with Crippen LogP contribution in [-0.2, 0) is 0 Å². The predicted molar refractivity (Wildman–Crippen MR) is 69.0 cm³/mol. The summed E-state index contributed by atoms with van der Waals surface area (Å²) in [5.74, 6) is 0.448. The highest BCUT2D eigenvalue weighted by molar-refractivity contribution is 5.96. The van der Waals surface area contributed by atoms with Crippen molar-refractivity contribution in [3.63, 3.8) is 0 Å². The number of ketones is 1. The fraction of sp³-hybridized carbons (Fsp3) is 0.562. The Morgan fingerprint density at radius 1 is 1.21 bits per heavy atom. The van der Waals surface area contributed by atoms with Gasteiger partial charge in [0.25, 0.3) is 0 Å². The first-order valence-electron chi connectivity index (χ1n) is 7.03. The summed E-state index contributed by atoms with van der Waals surface area (Å²) in [6, 6.07) is 2.17. The molecule has 0 saturated heterocycles. The van der Waals surface area contributed by atoms with E-state index in [1.807, 2.05) is 0 Å². The van der Waals surface area contributed by atoms with Crippen LogP contribution in [0.5, 0.6) is 0 Å². The first kappa shape index (κ1) is 12.8. The molecule has 0 spiro atoms. The molecule has 2 fully saturated rings. The molecule has 2 saturated carbocycles. The van der Waals surface area contributed by atoms with E-state index in [1.165, 1.54) is 26.2 Å². The molecule has 0 heterocycles. The van der Waals surface area contributed by atoms with Crippen LogP contribution in [0.3, 0.4) is 0 Å². The van der Waals surface area contributed by atoms with Crippen molar-refractivity contribution in [2.75, 3.05) is 0 Å². The molecule has 3 unspecified atom stereocenters. The third-order valence-corrected chi connectivity index (χ3v) is 4.88. The second-order valence-corrected chi connectivity index (χ2v) is 6.14. The van der Waals surface area contributed by atoms with E-state index in [2.05, 4.69) is 0 Å². The van der Waals surface area contributed by atoms with E-state index in [0.29, 0.717) is 18.3 Å². The van der Waals surface area contributed by atoms with Crippen LogP contribution in [0.25, 0.3) is 0 Å². The molecule has 3 rings (SSSR count). The topological polar surface area (TPSA) is 17.1 Å². The number of aryl methyl sites for hydroxylation is 1. The maximum absolute atomic E-state index is 13.8. The van der Waals surface area contributed by atoms with Gasteiger partial charge in [-0.15, -0.1) is 0 Å². The van der Waals surface area contributed by atoms with Gasteiger partial charge in [-0.25, -0.2) is 8.78 Å². The molecule has 2 bridgehead atoms. The molecule has 0 aliphatic heterocycles. The molecule has 1 aromatic carbocycles. The Bertz CT molecular complexity index is 524. The molecule has 0 amide bonds. The Morgan fingerprint density at radius 2 is 2.00 bits per heavy atom. The highest BCUT2D eigenvalue weighted by atomic mass is 19.1. The summed E-state index contributed by atoms with van der Waals surface area (Å²) in [6.07, 6.45) is 5.17. The highest BCUT2D eigenvalue weighted by Gasteiger charge is 2.40. The number of Topliss-reactive ketones (excluding diaryl/α,β-unsaturated/α-hetero) is 1. The van der Waals surface area contributed by atoms with Crippen LogP contribution in [0.15, 0.2) is 12.1 Å². The molecule has 2 aliphatic carbocycles. The smallest absolute Gasteiger partial charge is 0.166 e. The molecule has 3 atom stereocenters. The van der Waals surface area contributed by atoms with Crippen molar-refractivity contribution in [3.8, 4) is 0 Å². The van der Waals surface area contributed by atoms with E-state index in [4.69, 9.17) is 0 Å². The van der Waals surface area contributed by atoms with Gasteiger partial charge in [0.1, 0.15) is 11.6 Å². The zero-order valence-corrected chi connectivity index (χ0v) is 11.1. The Labute approximate surface area is 112 Å². The highest BCUT2D eigenvalue weighted by Crippen LogP contribution is 2.49. The van der Waals surface area contributed by atoms with E-state index in [9.17, 15) is 13.6 Å². The van der Waals surface area contributed by atoms with Gasteiger partial charge in [-0.1, -0.05) is 6.42 Å². The number of carbonyl (C=O) groups is 1. The summed E-state index contributed by atoms with van der Waals surface area (Å²) in [7, 11) is 0. The molecule has 19 heavy (non-hydrogen) atoms. The van der Waals surface area contributed by atoms with Crippen molar-refractivity contribution in [2.24, 2.45) is 17.8 Å². The third-order valence-electron chi connectivity index (χ3n) is 4.88. The molecular formula is C16H18F2O. The average molecular weight is 264 g/mol. The van der Waals surface area contributed by atoms with Gasteiger partial charge in [0.15, 0.2) is 5.78 Å². The minimum absolute atomic E-state index is 0.0779. The third kappa shape index (κ3) is 2.31. The lowest BCUT2D eigenvalue weighted by Gasteiger charge is -2.20. The van der Waals surface area contributed by atoms with E-state index in [-0.39, 0.29) is 16.9 Å². The number of rotatable bonds is 3. The SMILES string of the molecule is Cc1cc(F)c(C(=O)CC2CC3CCC2C3)cc1F. The number of hydrogen-bond acceptors (Lipinski definition) is 1. The van der Waals surface area contributed by atoms with Gasteiger partial charge in [-0.2, -0.15) is 0 Å². The van der Waals surface area contributed by atoms with Crippen LogP contribution in [0.4, 0.5) is 8.78 Å². The standard InChI is InChI=1S/C16H18F2O/c1-9-4-15(18)13(8-14(9)17)16(19)7-12-6-10-2-3-11(12)5-10/h4,8,10-12H,2-3,5-7H2,1H3. The summed E-state index contributed by atoms with van der Waals surface area (Å²) in [5, 5.41) is 0. The normalized spacial score (nSPS) is 28.9. The number of fused-ring (bicyclic) bond motifs is 2. The molecule has 102 valence electrons. The fourth-order valence-corrected chi connectivity index (χ4v) is 3.83. The van der Waals surface area contributed by atoms with Crippen molar-refractivity contribution >= 4 is 5.78 Å². The van der Waals surface area contributed by atoms with Crippen LogP contribution in [0, 0.1) is 36.3 Å². The van der Waals surface area contributed by atoms with Gasteiger partial charge in [-0.05, 0) is 61.6 Å². The first-order chi connectivity index (χ1) is 9.04. The van der Waals surface area contributed by atoms with Crippen molar-refractivity contribution in [1.82, 2.24) is 0 Å². The average Bonchev–Trinajstić information content (AvgIpc) is 2.95. The van der Waals surface area contributed by atoms with Crippen LogP contribution in [0.2, 0.25) is 0 Å². The fourth-order valence-electron chi connectivity index (χ4n) is 3.83. The van der Waals surface area contributed by atoms with Crippen molar-refractivity contribution in [2.45, 2.75) is 39.0 Å². The Morgan fingerprint density at radius 3 is 2.63 bits per heavy atom. The first-order valence-corrected chi connectivity index (χ1v) is 7.03. The summed E-state index contributed by atoms with van der Waals surface area (Å²) < 4.78 is 27.2. The summed E-state index contributed by atoms with van der Waals surface area (Å²) in [5.41, 5.74) is 0.167. The second kappa shape index (κ2) is 4.69. The molecule has 1 nitrogen and oxygen atoms in total. The Hall–Kier alpha value is -1.25. The Kier molecular flexibility index (Phi) is 3.15. The van der Waals surface area contributed by atoms with E-state index < -0.39 is 11.6 Å². The molecule has 0 N–H and O–H groups in total. The van der Waals surface area contributed by atoms with E-state index >= 15 is 0 Å². The van der Waals surface area contributed by atoms with Crippen LogP contribution in [-0.4, -0.2) is 5.78 Å². The maximum Gasteiger partial charge on any atom is 0.166 e. The van der Waals surface area contributed by atoms with Crippen molar-refractivity contribution in [3.05, 3.63) is 34.9 Å². The lowest BCUT2D eigenvalue weighted by Crippen LogP contribution is -2.16. The number of halogens is 2. The van der Waals surface area contributed by atoms with Crippen LogP contribution >= 0.6 is 0 Å². The van der Waals surface area contributed by atoms with Gasteiger partial charge in [0.2, 0.25) is 0 Å². The molecule has 1 aromatic rings. The monoisotopic (exact) mass is 264 g/mol. The molecular weight excluding hydrogens is 246 g/mol. The summed E-state index contributed by atoms with van der Waals surface area (Å²) in [6.45, 7) is 1.50. The zero-order chi connectivity index (χ0) is 13.6. The summed E-state index contributed by atoms with van der Waals surface area (Å²) >= 11 is 0. The number of carbonyl (C=O) groups excluding carboxylic acids is 1. The molecule has 0 radical (unpaired) electrons. The van der Waals surface area contributed by atoms with Crippen LogP contribution in [0.1, 0.15) is 48.0 Å². The van der Waals surface area contributed by atoms with Gasteiger partial charge in [-0.3, -0.25) is 4.79 Å². The number of hydrogen-bond donors (Lipinski definition) is 0. The lowest BCUT2D eigenvalue weighted by molar-refractivity contribution is 0.0940. The quantitative estimate of drug-likeness (QED) is 0.745. The van der Waals surface area contributed by atoms with Crippen molar-refractivity contribution in [1.29, 1.82) is 0 Å². The lowest BCUT2D eigenvalue weighted by atomic mass is 9.84. The van der Waals surface area contributed by atoms with E-state index in [1.54, 1.807) is 0 Å². The van der Waals surface area contributed by atoms with Gasteiger partial charge in [0, 0.05) is 6.42 Å².